The normalized spacial score (nSPS) is 10.4. The van der Waals surface area contributed by atoms with Gasteiger partial charge in [0.05, 0.1) is 21.2 Å². The number of nitrogens with one attached hydrogen (secondary N) is 1. The van der Waals surface area contributed by atoms with Crippen molar-refractivity contribution in [1.29, 1.82) is 0 Å². The summed E-state index contributed by atoms with van der Waals surface area (Å²) in [5.41, 5.74) is 6.43. The summed E-state index contributed by atoms with van der Waals surface area (Å²) in [5, 5.41) is 3.26. The molecule has 0 saturated carbocycles. The molecule has 1 aromatic heterocycles. The summed E-state index contributed by atoms with van der Waals surface area (Å²) >= 11 is 5.99. The summed E-state index contributed by atoms with van der Waals surface area (Å²) in [6.45, 7) is 1.83. The molecule has 110 valence electrons. The van der Waals surface area contributed by atoms with Crippen LogP contribution in [0.3, 0.4) is 0 Å². The SMILES string of the molecule is Cc1nc(NC(=O)c2ccccc2Br)sc1SCC(N)=O. The summed E-state index contributed by atoms with van der Waals surface area (Å²) < 4.78 is 1.59. The molecule has 0 atom stereocenters. The van der Waals surface area contributed by atoms with Gasteiger partial charge in [0, 0.05) is 4.47 Å². The van der Waals surface area contributed by atoms with Crippen LogP contribution in [0.4, 0.5) is 5.13 Å². The van der Waals surface area contributed by atoms with Gasteiger partial charge in [-0.15, -0.1) is 11.8 Å². The number of carbonyl (C=O) groups is 2. The number of carbonyl (C=O) groups excluding carboxylic acids is 2. The number of amides is 2. The molecule has 2 aromatic rings. The molecule has 0 aliphatic rings. The molecule has 8 heteroatoms. The van der Waals surface area contributed by atoms with Crippen LogP contribution < -0.4 is 11.1 Å². The van der Waals surface area contributed by atoms with Crippen LogP contribution in [0.15, 0.2) is 32.9 Å². The Bertz CT molecular complexity index is 688. The van der Waals surface area contributed by atoms with E-state index in [1.54, 1.807) is 18.2 Å². The first-order valence-corrected chi connectivity index (χ1v) is 8.51. The van der Waals surface area contributed by atoms with Gasteiger partial charge in [-0.2, -0.15) is 0 Å². The third-order valence-electron chi connectivity index (χ3n) is 2.44. The monoisotopic (exact) mass is 385 g/mol. The third-order valence-corrected chi connectivity index (χ3v) is 5.59. The molecule has 2 rings (SSSR count). The number of aromatic nitrogens is 1. The highest BCUT2D eigenvalue weighted by Gasteiger charge is 2.14. The van der Waals surface area contributed by atoms with Crippen LogP contribution in [0.5, 0.6) is 0 Å². The van der Waals surface area contributed by atoms with Crippen molar-refractivity contribution in [3.63, 3.8) is 0 Å². The number of aryl methyl sites for hydroxylation is 1. The lowest BCUT2D eigenvalue weighted by Crippen LogP contribution is -2.12. The van der Waals surface area contributed by atoms with E-state index in [0.717, 1.165) is 14.4 Å². The fraction of sp³-hybridized carbons (Fsp3) is 0.154. The minimum atomic E-state index is -0.383. The Hall–Kier alpha value is -1.38. The maximum atomic E-state index is 12.2. The molecule has 0 unspecified atom stereocenters. The molecule has 1 aromatic carbocycles. The number of halogens is 1. The minimum Gasteiger partial charge on any atom is -0.369 e. The van der Waals surface area contributed by atoms with Gasteiger partial charge in [-0.25, -0.2) is 4.98 Å². The molecular formula is C13H12BrN3O2S2. The molecule has 3 N–H and O–H groups in total. The smallest absolute Gasteiger partial charge is 0.258 e. The number of hydrogen-bond donors (Lipinski definition) is 2. The first-order chi connectivity index (χ1) is 9.97. The van der Waals surface area contributed by atoms with Gasteiger partial charge in [0.1, 0.15) is 0 Å². The van der Waals surface area contributed by atoms with Crippen molar-refractivity contribution in [2.75, 3.05) is 11.1 Å². The highest BCUT2D eigenvalue weighted by atomic mass is 79.9. The van der Waals surface area contributed by atoms with Gasteiger partial charge >= 0.3 is 0 Å². The zero-order chi connectivity index (χ0) is 15.4. The maximum Gasteiger partial charge on any atom is 0.258 e. The average molecular weight is 386 g/mol. The quantitative estimate of drug-likeness (QED) is 0.774. The fourth-order valence-electron chi connectivity index (χ4n) is 1.52. The molecule has 1 heterocycles. The Balaban J connectivity index is 2.10. The molecule has 21 heavy (non-hydrogen) atoms. The molecule has 0 saturated heterocycles. The Kier molecular flexibility index (Phi) is 5.38. The van der Waals surface area contributed by atoms with Crippen LogP contribution in [0, 0.1) is 6.92 Å². The zero-order valence-electron chi connectivity index (χ0n) is 11.1. The van der Waals surface area contributed by atoms with Crippen molar-refractivity contribution in [2.24, 2.45) is 5.73 Å². The Labute approximate surface area is 138 Å². The zero-order valence-corrected chi connectivity index (χ0v) is 14.3. The molecule has 0 spiro atoms. The molecule has 0 aliphatic heterocycles. The van der Waals surface area contributed by atoms with Crippen molar-refractivity contribution in [3.05, 3.63) is 40.0 Å². The van der Waals surface area contributed by atoms with Crippen LogP contribution in [0.1, 0.15) is 16.1 Å². The van der Waals surface area contributed by atoms with Gasteiger partial charge in [-0.3, -0.25) is 14.9 Å². The van der Waals surface area contributed by atoms with Crippen LogP contribution in [-0.4, -0.2) is 22.6 Å². The molecule has 0 radical (unpaired) electrons. The van der Waals surface area contributed by atoms with E-state index in [-0.39, 0.29) is 17.6 Å². The Morgan fingerprint density at radius 2 is 2.14 bits per heavy atom. The summed E-state index contributed by atoms with van der Waals surface area (Å²) in [7, 11) is 0. The molecule has 2 amide bonds. The number of nitrogens with two attached hydrogens (primary N) is 1. The number of benzene rings is 1. The summed E-state index contributed by atoms with van der Waals surface area (Å²) in [5.74, 6) is -0.421. The van der Waals surface area contributed by atoms with Crippen LogP contribution >= 0.6 is 39.0 Å². The number of hydrogen-bond acceptors (Lipinski definition) is 5. The summed E-state index contributed by atoms with van der Waals surface area (Å²) in [6.07, 6.45) is 0. The second-order valence-corrected chi connectivity index (χ2v) is 7.18. The molecule has 0 bridgehead atoms. The minimum absolute atomic E-state index is 0.195. The number of rotatable bonds is 5. The van der Waals surface area contributed by atoms with Gasteiger partial charge < -0.3 is 5.73 Å². The van der Waals surface area contributed by atoms with Crippen molar-refractivity contribution in [3.8, 4) is 0 Å². The van der Waals surface area contributed by atoms with Crippen molar-refractivity contribution in [2.45, 2.75) is 11.1 Å². The number of thiazole rings is 1. The van der Waals surface area contributed by atoms with E-state index in [0.29, 0.717) is 10.7 Å². The van der Waals surface area contributed by atoms with E-state index in [1.165, 1.54) is 23.1 Å². The Morgan fingerprint density at radius 3 is 2.81 bits per heavy atom. The van der Waals surface area contributed by atoms with Crippen molar-refractivity contribution in [1.82, 2.24) is 4.98 Å². The Morgan fingerprint density at radius 1 is 1.43 bits per heavy atom. The van der Waals surface area contributed by atoms with Gasteiger partial charge in [-0.1, -0.05) is 23.5 Å². The standard InChI is InChI=1S/C13H12BrN3O2S2/c1-7-12(20-6-10(15)18)21-13(16-7)17-11(19)8-4-2-3-5-9(8)14/h2-5H,6H2,1H3,(H2,15,18)(H,16,17,19). The average Bonchev–Trinajstić information content (AvgIpc) is 2.76. The van der Waals surface area contributed by atoms with Gasteiger partial charge in [0.25, 0.3) is 5.91 Å². The van der Waals surface area contributed by atoms with Crippen LogP contribution in [-0.2, 0) is 4.79 Å². The number of thioether (sulfide) groups is 1. The highest BCUT2D eigenvalue weighted by Crippen LogP contribution is 2.32. The first-order valence-electron chi connectivity index (χ1n) is 5.92. The van der Waals surface area contributed by atoms with E-state index in [1.807, 2.05) is 13.0 Å². The second kappa shape index (κ2) is 7.06. The van der Waals surface area contributed by atoms with Gasteiger partial charge in [0.15, 0.2) is 5.13 Å². The van der Waals surface area contributed by atoms with Gasteiger partial charge in [-0.05, 0) is 35.0 Å². The van der Waals surface area contributed by atoms with Crippen LogP contribution in [0.2, 0.25) is 0 Å². The molecule has 0 fully saturated rings. The van der Waals surface area contributed by atoms with Crippen molar-refractivity contribution < 1.29 is 9.59 Å². The van der Waals surface area contributed by atoms with Crippen molar-refractivity contribution >= 4 is 56.0 Å². The summed E-state index contributed by atoms with van der Waals surface area (Å²) in [4.78, 5) is 27.2. The van der Waals surface area contributed by atoms with E-state index in [4.69, 9.17) is 5.73 Å². The van der Waals surface area contributed by atoms with E-state index in [2.05, 4.69) is 26.2 Å². The first kappa shape index (κ1) is 16.0. The number of anilines is 1. The molecular weight excluding hydrogens is 374 g/mol. The lowest BCUT2D eigenvalue weighted by atomic mass is 10.2. The predicted octanol–water partition coefficient (Wildman–Crippen LogP) is 3.04. The van der Waals surface area contributed by atoms with Crippen LogP contribution in [0.25, 0.3) is 0 Å². The van der Waals surface area contributed by atoms with E-state index < -0.39 is 0 Å². The van der Waals surface area contributed by atoms with E-state index >= 15 is 0 Å². The van der Waals surface area contributed by atoms with Gasteiger partial charge in [0.2, 0.25) is 5.91 Å². The lowest BCUT2D eigenvalue weighted by Gasteiger charge is -2.03. The number of primary amides is 1. The number of nitrogens with zero attached hydrogens (tertiary/aromatic N) is 1. The molecule has 0 aliphatic carbocycles. The largest absolute Gasteiger partial charge is 0.369 e. The molecule has 5 nitrogen and oxygen atoms in total. The highest BCUT2D eigenvalue weighted by molar-refractivity contribution is 9.10. The third kappa shape index (κ3) is 4.29. The fourth-order valence-corrected chi connectivity index (χ4v) is 3.85. The lowest BCUT2D eigenvalue weighted by molar-refractivity contribution is -0.115. The van der Waals surface area contributed by atoms with E-state index in [9.17, 15) is 9.59 Å². The maximum absolute atomic E-state index is 12.2. The summed E-state index contributed by atoms with van der Waals surface area (Å²) in [6, 6.07) is 7.16. The second-order valence-electron chi connectivity index (χ2n) is 4.08. The topological polar surface area (TPSA) is 85.1 Å². The predicted molar refractivity (Wildman–Crippen MR) is 88.9 cm³/mol.